The van der Waals surface area contributed by atoms with Crippen LogP contribution in [0.25, 0.3) is 44.4 Å². The van der Waals surface area contributed by atoms with Crippen LogP contribution in [0.1, 0.15) is 0 Å². The van der Waals surface area contributed by atoms with Crippen LogP contribution in [0.4, 0.5) is 4.39 Å². The molecule has 0 bridgehead atoms. The first kappa shape index (κ1) is 15.2. The summed E-state index contributed by atoms with van der Waals surface area (Å²) in [5, 5.41) is 1.19. The van der Waals surface area contributed by atoms with Gasteiger partial charge in [0.1, 0.15) is 0 Å². The largest absolute Gasteiger partial charge is 0.296 e. The Morgan fingerprint density at radius 3 is 2.29 bits per heavy atom. The SMILES string of the molecule is Fc1c[c-]c(-c2cc3c4c(cccc4n2)-c2ccccc2-3)cc1.[Ir]. The Morgan fingerprint density at radius 2 is 1.54 bits per heavy atom. The van der Waals surface area contributed by atoms with E-state index in [9.17, 15) is 4.39 Å². The second-order valence-corrected chi connectivity index (χ2v) is 5.72. The van der Waals surface area contributed by atoms with E-state index in [-0.39, 0.29) is 25.9 Å². The number of nitrogens with zero attached hydrogens (tertiary/aromatic N) is 1. The van der Waals surface area contributed by atoms with E-state index in [0.717, 1.165) is 16.8 Å². The molecule has 0 saturated carbocycles. The third-order valence-corrected chi connectivity index (χ3v) is 4.39. The second-order valence-electron chi connectivity index (χ2n) is 5.72. The van der Waals surface area contributed by atoms with Gasteiger partial charge in [0.2, 0.25) is 0 Å². The third-order valence-electron chi connectivity index (χ3n) is 4.39. The number of hydrogen-bond acceptors (Lipinski definition) is 1. The topological polar surface area (TPSA) is 12.9 Å². The average molecular weight is 489 g/mol. The van der Waals surface area contributed by atoms with E-state index < -0.39 is 0 Å². The van der Waals surface area contributed by atoms with E-state index >= 15 is 0 Å². The van der Waals surface area contributed by atoms with E-state index in [1.54, 1.807) is 6.07 Å². The molecule has 0 saturated heterocycles. The first-order valence-corrected chi connectivity index (χ1v) is 7.52. The van der Waals surface area contributed by atoms with Crippen LogP contribution in [0.2, 0.25) is 0 Å². The van der Waals surface area contributed by atoms with Gasteiger partial charge in [-0.25, -0.2) is 0 Å². The molecule has 1 nitrogen and oxygen atoms in total. The van der Waals surface area contributed by atoms with Gasteiger partial charge in [0, 0.05) is 31.3 Å². The van der Waals surface area contributed by atoms with Gasteiger partial charge in [-0.2, -0.15) is 0 Å². The summed E-state index contributed by atoms with van der Waals surface area (Å²) in [5.41, 5.74) is 7.48. The van der Waals surface area contributed by atoms with Gasteiger partial charge in [-0.05, 0) is 34.0 Å². The zero-order valence-electron chi connectivity index (χ0n) is 12.5. The fraction of sp³-hybridized carbons (Fsp3) is 0. The molecule has 3 aromatic carbocycles. The van der Waals surface area contributed by atoms with Crippen molar-refractivity contribution in [2.24, 2.45) is 0 Å². The molecule has 1 aliphatic carbocycles. The van der Waals surface area contributed by atoms with Crippen molar-refractivity contribution < 1.29 is 24.5 Å². The number of fused-ring (bicyclic) bond motifs is 3. The molecule has 5 rings (SSSR count). The third kappa shape index (κ3) is 2.13. The molecule has 24 heavy (non-hydrogen) atoms. The molecule has 0 spiro atoms. The fourth-order valence-corrected chi connectivity index (χ4v) is 3.38. The van der Waals surface area contributed by atoms with Crippen LogP contribution in [0.3, 0.4) is 0 Å². The molecule has 0 fully saturated rings. The molecule has 1 radical (unpaired) electrons. The summed E-state index contributed by atoms with van der Waals surface area (Å²) in [6.45, 7) is 0. The predicted octanol–water partition coefficient (Wildman–Crippen LogP) is 5.49. The maximum atomic E-state index is 13.2. The summed E-state index contributed by atoms with van der Waals surface area (Å²) < 4.78 is 13.2. The standard InChI is InChI=1S/C21H11FN.Ir/c22-14-10-8-13(9-11-14)20-12-18-16-5-2-1-4-15(16)17-6-3-7-19(23-20)21(17)18;/h1-8,10-12H;/q-1;. The van der Waals surface area contributed by atoms with E-state index in [1.807, 2.05) is 12.1 Å². The number of aromatic nitrogens is 1. The van der Waals surface area contributed by atoms with Gasteiger partial charge in [-0.15, -0.1) is 29.8 Å². The number of halogens is 1. The molecule has 0 N–H and O–H groups in total. The first-order valence-electron chi connectivity index (χ1n) is 7.52. The van der Waals surface area contributed by atoms with Crippen molar-refractivity contribution in [1.82, 2.24) is 4.98 Å². The molecule has 0 aliphatic heterocycles. The van der Waals surface area contributed by atoms with E-state index in [1.165, 1.54) is 39.8 Å². The maximum Gasteiger partial charge on any atom is 0.0607 e. The van der Waals surface area contributed by atoms with Crippen LogP contribution in [0.5, 0.6) is 0 Å². The fourth-order valence-electron chi connectivity index (χ4n) is 3.38. The molecule has 4 aromatic rings. The zero-order valence-corrected chi connectivity index (χ0v) is 14.9. The second kappa shape index (κ2) is 5.62. The number of pyridine rings is 1. The van der Waals surface area contributed by atoms with Crippen molar-refractivity contribution in [2.45, 2.75) is 0 Å². The summed E-state index contributed by atoms with van der Waals surface area (Å²) in [4.78, 5) is 4.77. The van der Waals surface area contributed by atoms with Crippen molar-refractivity contribution in [3.63, 3.8) is 0 Å². The monoisotopic (exact) mass is 489 g/mol. The van der Waals surface area contributed by atoms with Crippen LogP contribution < -0.4 is 0 Å². The van der Waals surface area contributed by atoms with Crippen LogP contribution in [0, 0.1) is 11.9 Å². The summed E-state index contributed by atoms with van der Waals surface area (Å²) in [5.74, 6) is -0.285. The number of hydrogen-bond donors (Lipinski definition) is 0. The van der Waals surface area contributed by atoms with Gasteiger partial charge < -0.3 is 0 Å². The minimum Gasteiger partial charge on any atom is -0.296 e. The molecule has 0 unspecified atom stereocenters. The average Bonchev–Trinajstić information content (AvgIpc) is 2.92. The van der Waals surface area contributed by atoms with Crippen molar-refractivity contribution in [1.29, 1.82) is 0 Å². The van der Waals surface area contributed by atoms with Gasteiger partial charge in [0.25, 0.3) is 0 Å². The van der Waals surface area contributed by atoms with Gasteiger partial charge >= 0.3 is 0 Å². The number of benzene rings is 3. The van der Waals surface area contributed by atoms with E-state index in [0.29, 0.717) is 0 Å². The Morgan fingerprint density at radius 1 is 0.792 bits per heavy atom. The molecule has 1 heterocycles. The van der Waals surface area contributed by atoms with Crippen LogP contribution in [0.15, 0.2) is 66.7 Å². The summed E-state index contributed by atoms with van der Waals surface area (Å²) in [6, 6.07) is 24.2. The van der Waals surface area contributed by atoms with Gasteiger partial charge in [-0.1, -0.05) is 42.5 Å². The number of rotatable bonds is 1. The van der Waals surface area contributed by atoms with Gasteiger partial charge in [0.15, 0.2) is 0 Å². The van der Waals surface area contributed by atoms with Crippen LogP contribution in [-0.2, 0) is 20.1 Å². The Bertz CT molecular complexity index is 1070. The van der Waals surface area contributed by atoms with Crippen LogP contribution in [-0.4, -0.2) is 4.98 Å². The molecule has 3 heteroatoms. The first-order chi connectivity index (χ1) is 11.3. The van der Waals surface area contributed by atoms with E-state index in [2.05, 4.69) is 42.5 Å². The van der Waals surface area contributed by atoms with Crippen molar-refractivity contribution in [3.8, 4) is 33.5 Å². The van der Waals surface area contributed by atoms with Crippen molar-refractivity contribution >= 4 is 10.9 Å². The molecule has 1 aliphatic rings. The Labute approximate surface area is 152 Å². The van der Waals surface area contributed by atoms with Gasteiger partial charge in [0.05, 0.1) is 5.52 Å². The predicted molar refractivity (Wildman–Crippen MR) is 90.4 cm³/mol. The zero-order chi connectivity index (χ0) is 15.4. The molecule has 0 amide bonds. The smallest absolute Gasteiger partial charge is 0.0607 e. The Balaban J connectivity index is 0.00000146. The summed E-state index contributed by atoms with van der Waals surface area (Å²) >= 11 is 0. The molecular weight excluding hydrogens is 477 g/mol. The molecular formula is C21H11FIrN-. The molecule has 117 valence electrons. The minimum absolute atomic E-state index is 0. The van der Waals surface area contributed by atoms with Crippen molar-refractivity contribution in [2.75, 3.05) is 0 Å². The Hall–Kier alpha value is -2.35. The normalized spacial score (nSPS) is 11.2. The summed E-state index contributed by atoms with van der Waals surface area (Å²) in [7, 11) is 0. The maximum absolute atomic E-state index is 13.2. The Kier molecular flexibility index (Phi) is 3.56. The van der Waals surface area contributed by atoms with E-state index in [4.69, 9.17) is 4.98 Å². The minimum atomic E-state index is -0.285. The summed E-state index contributed by atoms with van der Waals surface area (Å²) in [6.07, 6.45) is 0. The molecule has 1 aromatic heterocycles. The molecule has 0 atom stereocenters. The van der Waals surface area contributed by atoms with Crippen LogP contribution >= 0.6 is 0 Å². The quantitative estimate of drug-likeness (QED) is 0.285. The van der Waals surface area contributed by atoms with Gasteiger partial charge in [-0.3, -0.25) is 9.37 Å². The van der Waals surface area contributed by atoms with Crippen molar-refractivity contribution in [3.05, 3.63) is 78.6 Å².